The lowest BCUT2D eigenvalue weighted by atomic mass is 10.1. The molecule has 0 bridgehead atoms. The van der Waals surface area contributed by atoms with Crippen molar-refractivity contribution in [2.24, 2.45) is 5.92 Å². The summed E-state index contributed by atoms with van der Waals surface area (Å²) in [7, 11) is 1.61. The number of rotatable bonds is 7. The Bertz CT molecular complexity index is 773. The molecule has 1 fully saturated rings. The Labute approximate surface area is 136 Å². The second-order valence-electron chi connectivity index (χ2n) is 6.41. The number of unbranched alkanes of at least 4 members (excludes halogenated alkanes) is 2. The minimum absolute atomic E-state index is 0.141. The van der Waals surface area contributed by atoms with Crippen molar-refractivity contribution in [1.82, 2.24) is 9.97 Å². The Morgan fingerprint density at radius 1 is 1.39 bits per heavy atom. The van der Waals surface area contributed by atoms with E-state index in [4.69, 9.17) is 4.74 Å². The largest absolute Gasteiger partial charge is 0.497 e. The molecule has 0 saturated heterocycles. The minimum Gasteiger partial charge on any atom is -0.497 e. The Kier molecular flexibility index (Phi) is 4.79. The molecule has 0 unspecified atom stereocenters. The molecule has 0 radical (unpaired) electrons. The zero-order valence-corrected chi connectivity index (χ0v) is 13.9. The van der Waals surface area contributed by atoms with Crippen LogP contribution in [0.25, 0.3) is 16.6 Å². The molecule has 23 heavy (non-hydrogen) atoms. The summed E-state index contributed by atoms with van der Waals surface area (Å²) in [6, 6.07) is 5.52. The molecule has 0 aliphatic heterocycles. The minimum atomic E-state index is -0.141. The number of hydrogen-bond acceptors (Lipinski definition) is 3. The van der Waals surface area contributed by atoms with Gasteiger partial charge in [-0.3, -0.25) is 4.79 Å². The first-order chi connectivity index (χ1) is 11.2. The lowest BCUT2D eigenvalue weighted by Gasteiger charge is -2.05. The topological polar surface area (TPSA) is 55.0 Å². The predicted octanol–water partition coefficient (Wildman–Crippen LogP) is 4.31. The van der Waals surface area contributed by atoms with Crippen molar-refractivity contribution in [3.8, 4) is 5.75 Å². The van der Waals surface area contributed by atoms with E-state index in [2.05, 4.69) is 16.0 Å². The molecule has 1 saturated carbocycles. The van der Waals surface area contributed by atoms with Crippen LogP contribution in [0, 0.1) is 5.92 Å². The van der Waals surface area contributed by atoms with Crippen LogP contribution < -0.4 is 10.3 Å². The number of benzene rings is 1. The number of allylic oxidation sites excluding steroid dienone is 2. The number of nitrogens with one attached hydrogen (secondary N) is 1. The molecule has 2 aromatic rings. The van der Waals surface area contributed by atoms with Crippen LogP contribution in [0.4, 0.5) is 0 Å². The second-order valence-corrected chi connectivity index (χ2v) is 6.41. The van der Waals surface area contributed by atoms with Gasteiger partial charge in [0.05, 0.1) is 18.1 Å². The van der Waals surface area contributed by atoms with Gasteiger partial charge >= 0.3 is 0 Å². The summed E-state index contributed by atoms with van der Waals surface area (Å²) in [6.07, 6.45) is 9.85. The van der Waals surface area contributed by atoms with Crippen LogP contribution in [0.15, 0.2) is 29.1 Å². The molecule has 4 heteroatoms. The quantitative estimate of drug-likeness (QED) is 0.775. The van der Waals surface area contributed by atoms with Crippen LogP contribution in [0.1, 0.15) is 51.1 Å². The summed E-state index contributed by atoms with van der Waals surface area (Å²) >= 11 is 0. The van der Waals surface area contributed by atoms with E-state index >= 15 is 0 Å². The monoisotopic (exact) mass is 312 g/mol. The van der Waals surface area contributed by atoms with Crippen LogP contribution >= 0.6 is 0 Å². The van der Waals surface area contributed by atoms with Crippen molar-refractivity contribution >= 4 is 16.6 Å². The van der Waals surface area contributed by atoms with Gasteiger partial charge in [-0.25, -0.2) is 4.98 Å². The van der Waals surface area contributed by atoms with Crippen LogP contribution in [-0.4, -0.2) is 17.1 Å². The highest BCUT2D eigenvalue weighted by molar-refractivity contribution is 5.77. The predicted molar refractivity (Wildman–Crippen MR) is 93.8 cm³/mol. The average molecular weight is 312 g/mol. The van der Waals surface area contributed by atoms with E-state index < -0.39 is 0 Å². The Morgan fingerprint density at radius 2 is 2.22 bits per heavy atom. The van der Waals surface area contributed by atoms with E-state index in [1.54, 1.807) is 13.2 Å². The molecule has 0 spiro atoms. The van der Waals surface area contributed by atoms with Gasteiger partial charge in [0.15, 0.2) is 0 Å². The zero-order chi connectivity index (χ0) is 16.2. The van der Waals surface area contributed by atoms with Crippen LogP contribution in [-0.2, 0) is 0 Å². The first-order valence-corrected chi connectivity index (χ1v) is 8.42. The number of H-pyrrole nitrogens is 1. The van der Waals surface area contributed by atoms with Crippen molar-refractivity contribution in [3.05, 3.63) is 40.3 Å². The maximum atomic E-state index is 12.3. The highest BCUT2D eigenvalue weighted by Gasteiger charge is 2.19. The van der Waals surface area contributed by atoms with Gasteiger partial charge in [0.25, 0.3) is 5.56 Å². The van der Waals surface area contributed by atoms with Crippen LogP contribution in [0.3, 0.4) is 0 Å². The molecule has 122 valence electrons. The molecule has 0 atom stereocenters. The van der Waals surface area contributed by atoms with Crippen molar-refractivity contribution in [2.45, 2.75) is 45.4 Å². The molecule has 1 aromatic heterocycles. The molecular weight excluding hydrogens is 288 g/mol. The highest BCUT2D eigenvalue weighted by atomic mass is 16.5. The Morgan fingerprint density at radius 3 is 2.96 bits per heavy atom. The van der Waals surface area contributed by atoms with E-state index in [-0.39, 0.29) is 5.56 Å². The number of fused-ring (bicyclic) bond motifs is 1. The van der Waals surface area contributed by atoms with Gasteiger partial charge in [0.2, 0.25) is 0 Å². The number of aromatic amines is 1. The van der Waals surface area contributed by atoms with Gasteiger partial charge in [-0.05, 0) is 43.4 Å². The highest BCUT2D eigenvalue weighted by Crippen LogP contribution is 2.34. The van der Waals surface area contributed by atoms with E-state index in [1.807, 2.05) is 19.1 Å². The number of hydrogen-bond donors (Lipinski definition) is 1. The maximum Gasteiger partial charge on any atom is 0.274 e. The Hall–Kier alpha value is -2.10. The molecule has 3 rings (SSSR count). The lowest BCUT2D eigenvalue weighted by molar-refractivity contribution is 0.415. The van der Waals surface area contributed by atoms with E-state index in [1.165, 1.54) is 32.1 Å². The smallest absolute Gasteiger partial charge is 0.274 e. The summed E-state index contributed by atoms with van der Waals surface area (Å²) in [5.74, 6) is 1.72. The van der Waals surface area contributed by atoms with Gasteiger partial charge in [-0.1, -0.05) is 31.8 Å². The SMILES string of the molecule is COc1ccc2nc(/C(C)=C/CCCCC3CC3)c(=O)[nH]c2c1. The molecule has 1 N–H and O–H groups in total. The normalized spacial score (nSPS) is 15.1. The van der Waals surface area contributed by atoms with Gasteiger partial charge in [-0.2, -0.15) is 0 Å². The fourth-order valence-electron chi connectivity index (χ4n) is 2.86. The molecular formula is C19H24N2O2. The summed E-state index contributed by atoms with van der Waals surface area (Å²) in [6.45, 7) is 1.97. The maximum absolute atomic E-state index is 12.3. The third-order valence-corrected chi connectivity index (χ3v) is 4.49. The first kappa shape index (κ1) is 15.8. The fourth-order valence-corrected chi connectivity index (χ4v) is 2.86. The molecule has 1 aromatic carbocycles. The number of nitrogens with zero attached hydrogens (tertiary/aromatic N) is 1. The summed E-state index contributed by atoms with van der Waals surface area (Å²) in [5, 5.41) is 0. The Balaban J connectivity index is 1.72. The van der Waals surface area contributed by atoms with E-state index in [0.29, 0.717) is 17.0 Å². The van der Waals surface area contributed by atoms with E-state index in [9.17, 15) is 4.79 Å². The summed E-state index contributed by atoms with van der Waals surface area (Å²) in [4.78, 5) is 19.7. The number of methoxy groups -OCH3 is 1. The average Bonchev–Trinajstić information content (AvgIpc) is 3.37. The third kappa shape index (κ3) is 4.01. The van der Waals surface area contributed by atoms with E-state index in [0.717, 1.165) is 23.4 Å². The molecule has 1 aliphatic rings. The number of aromatic nitrogens is 2. The van der Waals surface area contributed by atoms with Crippen LogP contribution in [0.5, 0.6) is 5.75 Å². The molecule has 1 heterocycles. The van der Waals surface area contributed by atoms with Gasteiger partial charge in [0.1, 0.15) is 11.4 Å². The lowest BCUT2D eigenvalue weighted by Crippen LogP contribution is -2.13. The van der Waals surface area contributed by atoms with Crippen molar-refractivity contribution in [1.29, 1.82) is 0 Å². The summed E-state index contributed by atoms with van der Waals surface area (Å²) in [5.41, 5.74) is 2.81. The molecule has 1 aliphatic carbocycles. The van der Waals surface area contributed by atoms with Crippen molar-refractivity contribution < 1.29 is 4.74 Å². The standard InChI is InChI=1S/C19H24N2O2/c1-13(6-4-3-5-7-14-8-9-14)18-19(22)21-17-12-15(23-2)10-11-16(17)20-18/h6,10-12,14H,3-5,7-9H2,1-2H3,(H,21,22)/b13-6+. The zero-order valence-electron chi connectivity index (χ0n) is 13.9. The first-order valence-electron chi connectivity index (χ1n) is 8.42. The van der Waals surface area contributed by atoms with Gasteiger partial charge in [-0.15, -0.1) is 0 Å². The van der Waals surface area contributed by atoms with Gasteiger partial charge < -0.3 is 9.72 Å². The third-order valence-electron chi connectivity index (χ3n) is 4.49. The molecule has 4 nitrogen and oxygen atoms in total. The number of ether oxygens (including phenoxy) is 1. The van der Waals surface area contributed by atoms with Crippen LogP contribution in [0.2, 0.25) is 0 Å². The van der Waals surface area contributed by atoms with Crippen molar-refractivity contribution in [2.75, 3.05) is 7.11 Å². The fraction of sp³-hybridized carbons (Fsp3) is 0.474. The van der Waals surface area contributed by atoms with Crippen molar-refractivity contribution in [3.63, 3.8) is 0 Å². The second kappa shape index (κ2) is 6.99. The molecule has 0 amide bonds. The summed E-state index contributed by atoms with van der Waals surface area (Å²) < 4.78 is 5.18. The van der Waals surface area contributed by atoms with Gasteiger partial charge in [0, 0.05) is 6.07 Å².